The van der Waals surface area contributed by atoms with E-state index in [9.17, 15) is 18.5 Å². The Morgan fingerprint density at radius 1 is 1.24 bits per heavy atom. The molecule has 1 aromatic carbocycles. The largest absolute Gasteiger partial charge is 0.433 e. The van der Waals surface area contributed by atoms with E-state index in [-0.39, 0.29) is 9.92 Å². The molecule has 0 saturated heterocycles. The van der Waals surface area contributed by atoms with Crippen LogP contribution in [0.3, 0.4) is 0 Å². The van der Waals surface area contributed by atoms with Crippen molar-refractivity contribution in [3.63, 3.8) is 0 Å². The summed E-state index contributed by atoms with van der Waals surface area (Å²) in [6.07, 6.45) is 0.931. The van der Waals surface area contributed by atoms with Gasteiger partial charge in [0, 0.05) is 0 Å². The van der Waals surface area contributed by atoms with Crippen molar-refractivity contribution in [3.05, 3.63) is 46.6 Å². The standard InChI is InChI=1S/C9H7N3O4S/c13-12(14)9-10-6-8(11-9)17(15,16)7-4-2-1-3-5-7/h1-6H,(H,10,11). The molecule has 2 rings (SSSR count). The minimum Gasteiger partial charge on any atom is -0.390 e. The zero-order valence-electron chi connectivity index (χ0n) is 8.40. The van der Waals surface area contributed by atoms with Gasteiger partial charge < -0.3 is 10.1 Å². The number of imidazole rings is 1. The van der Waals surface area contributed by atoms with Crippen molar-refractivity contribution in [2.45, 2.75) is 9.92 Å². The van der Waals surface area contributed by atoms with Gasteiger partial charge in [-0.2, -0.15) is 0 Å². The number of nitrogens with zero attached hydrogens (tertiary/aromatic N) is 2. The third-order valence-electron chi connectivity index (χ3n) is 2.06. The van der Waals surface area contributed by atoms with Crippen molar-refractivity contribution in [3.8, 4) is 0 Å². The number of hydrogen-bond donors (Lipinski definition) is 1. The van der Waals surface area contributed by atoms with E-state index < -0.39 is 20.7 Å². The Kier molecular flexibility index (Phi) is 2.64. The number of aromatic amines is 1. The molecule has 0 atom stereocenters. The average Bonchev–Trinajstić information content (AvgIpc) is 2.80. The van der Waals surface area contributed by atoms with E-state index in [1.54, 1.807) is 18.2 Å². The predicted octanol–water partition coefficient (Wildman–Crippen LogP) is 1.15. The molecule has 0 fully saturated rings. The summed E-state index contributed by atoms with van der Waals surface area (Å²) in [7, 11) is -3.77. The molecule has 0 aliphatic rings. The summed E-state index contributed by atoms with van der Waals surface area (Å²) >= 11 is 0. The van der Waals surface area contributed by atoms with Crippen LogP contribution < -0.4 is 0 Å². The summed E-state index contributed by atoms with van der Waals surface area (Å²) in [6.45, 7) is 0. The van der Waals surface area contributed by atoms with E-state index in [1.807, 2.05) is 0 Å². The molecule has 88 valence electrons. The summed E-state index contributed by atoms with van der Waals surface area (Å²) in [5.41, 5.74) is 0. The van der Waals surface area contributed by atoms with Crippen LogP contribution in [0.15, 0.2) is 46.5 Å². The van der Waals surface area contributed by atoms with Gasteiger partial charge in [0.1, 0.15) is 0 Å². The van der Waals surface area contributed by atoms with Crippen LogP contribution in [0.2, 0.25) is 0 Å². The van der Waals surface area contributed by atoms with Crippen molar-refractivity contribution in [1.82, 2.24) is 9.97 Å². The minimum absolute atomic E-state index is 0.0542. The van der Waals surface area contributed by atoms with E-state index in [2.05, 4.69) is 9.97 Å². The molecule has 0 aliphatic carbocycles. The van der Waals surface area contributed by atoms with E-state index in [1.165, 1.54) is 12.1 Å². The fraction of sp³-hybridized carbons (Fsp3) is 0. The van der Waals surface area contributed by atoms with E-state index in [0.717, 1.165) is 6.20 Å². The molecule has 0 aliphatic heterocycles. The molecule has 0 radical (unpaired) electrons. The summed E-state index contributed by atoms with van der Waals surface area (Å²) < 4.78 is 24.0. The smallest absolute Gasteiger partial charge is 0.390 e. The van der Waals surface area contributed by atoms with Crippen molar-refractivity contribution in [2.24, 2.45) is 0 Å². The van der Waals surface area contributed by atoms with Crippen LogP contribution in [0.5, 0.6) is 0 Å². The topological polar surface area (TPSA) is 106 Å². The molecular weight excluding hydrogens is 246 g/mol. The van der Waals surface area contributed by atoms with Gasteiger partial charge in [-0.1, -0.05) is 23.2 Å². The Bertz CT molecular complexity index is 648. The molecule has 1 N–H and O–H groups in total. The molecule has 1 heterocycles. The zero-order chi connectivity index (χ0) is 12.5. The molecule has 8 heteroatoms. The first-order valence-electron chi connectivity index (χ1n) is 4.51. The first kappa shape index (κ1) is 11.3. The highest BCUT2D eigenvalue weighted by atomic mass is 32.2. The van der Waals surface area contributed by atoms with Crippen molar-refractivity contribution in [1.29, 1.82) is 0 Å². The lowest BCUT2D eigenvalue weighted by atomic mass is 10.4. The second-order valence-electron chi connectivity index (χ2n) is 3.14. The van der Waals surface area contributed by atoms with Crippen LogP contribution >= 0.6 is 0 Å². The molecule has 0 saturated carbocycles. The van der Waals surface area contributed by atoms with E-state index >= 15 is 0 Å². The fourth-order valence-electron chi connectivity index (χ4n) is 1.25. The first-order valence-corrected chi connectivity index (χ1v) is 5.99. The van der Waals surface area contributed by atoms with Gasteiger partial charge in [0.25, 0.3) is 0 Å². The Morgan fingerprint density at radius 2 is 1.88 bits per heavy atom. The summed E-state index contributed by atoms with van der Waals surface area (Å²) in [6, 6.07) is 7.62. The van der Waals surface area contributed by atoms with Crippen molar-refractivity contribution < 1.29 is 13.3 Å². The number of aromatic nitrogens is 2. The Hall–Kier alpha value is -2.22. The highest BCUT2D eigenvalue weighted by molar-refractivity contribution is 7.91. The lowest BCUT2D eigenvalue weighted by Gasteiger charge is -1.97. The maximum atomic E-state index is 12.0. The second kappa shape index (κ2) is 3.98. The van der Waals surface area contributed by atoms with Crippen LogP contribution in [0.25, 0.3) is 0 Å². The molecule has 1 aromatic heterocycles. The SMILES string of the molecule is O=[N+]([O-])c1ncc(S(=O)(=O)c2ccccc2)[nH]1. The van der Waals surface area contributed by atoms with Gasteiger partial charge >= 0.3 is 5.95 Å². The van der Waals surface area contributed by atoms with Crippen LogP contribution in [0, 0.1) is 10.1 Å². The number of hydrogen-bond acceptors (Lipinski definition) is 5. The predicted molar refractivity (Wildman–Crippen MR) is 57.1 cm³/mol. The Morgan fingerprint density at radius 3 is 2.41 bits per heavy atom. The van der Waals surface area contributed by atoms with Crippen LogP contribution in [0.1, 0.15) is 0 Å². The average molecular weight is 253 g/mol. The molecule has 2 aromatic rings. The third kappa shape index (κ3) is 2.02. The molecule has 0 unspecified atom stereocenters. The van der Waals surface area contributed by atoms with Crippen LogP contribution in [-0.2, 0) is 9.84 Å². The number of sulfone groups is 1. The van der Waals surface area contributed by atoms with Crippen LogP contribution in [-0.4, -0.2) is 23.3 Å². The number of rotatable bonds is 3. The van der Waals surface area contributed by atoms with E-state index in [0.29, 0.717) is 0 Å². The maximum absolute atomic E-state index is 12.0. The number of benzene rings is 1. The Labute approximate surface area is 96.2 Å². The summed E-state index contributed by atoms with van der Waals surface area (Å²) in [4.78, 5) is 15.2. The fourth-order valence-corrected chi connectivity index (χ4v) is 2.44. The number of H-pyrrole nitrogens is 1. The van der Waals surface area contributed by atoms with Gasteiger partial charge in [0.15, 0.2) is 6.20 Å². The lowest BCUT2D eigenvalue weighted by Crippen LogP contribution is -2.02. The van der Waals surface area contributed by atoms with Gasteiger partial charge in [0.05, 0.1) is 4.90 Å². The summed E-state index contributed by atoms with van der Waals surface area (Å²) in [5, 5.41) is 10.1. The molecule has 0 bridgehead atoms. The molecule has 0 amide bonds. The third-order valence-corrected chi connectivity index (χ3v) is 3.73. The van der Waals surface area contributed by atoms with Crippen molar-refractivity contribution >= 4 is 15.8 Å². The van der Waals surface area contributed by atoms with Gasteiger partial charge in [-0.3, -0.25) is 0 Å². The number of nitrogens with one attached hydrogen (secondary N) is 1. The zero-order valence-corrected chi connectivity index (χ0v) is 9.22. The molecule has 17 heavy (non-hydrogen) atoms. The normalized spacial score (nSPS) is 11.3. The highest BCUT2D eigenvalue weighted by Crippen LogP contribution is 2.20. The quantitative estimate of drug-likeness (QED) is 0.652. The van der Waals surface area contributed by atoms with Gasteiger partial charge in [0.2, 0.25) is 14.9 Å². The molecule has 0 spiro atoms. The van der Waals surface area contributed by atoms with Crippen molar-refractivity contribution in [2.75, 3.05) is 0 Å². The monoisotopic (exact) mass is 253 g/mol. The minimum atomic E-state index is -3.77. The maximum Gasteiger partial charge on any atom is 0.433 e. The van der Waals surface area contributed by atoms with Gasteiger partial charge in [-0.05, 0) is 17.1 Å². The molecular formula is C9H7N3O4S. The van der Waals surface area contributed by atoms with E-state index in [4.69, 9.17) is 0 Å². The Balaban J connectivity index is 2.49. The first-order chi connectivity index (χ1) is 8.01. The number of nitro groups is 1. The van der Waals surface area contributed by atoms with Gasteiger partial charge in [-0.25, -0.2) is 13.4 Å². The molecule has 7 nitrogen and oxygen atoms in total. The van der Waals surface area contributed by atoms with Gasteiger partial charge in [-0.15, -0.1) is 0 Å². The lowest BCUT2D eigenvalue weighted by molar-refractivity contribution is -0.394. The second-order valence-corrected chi connectivity index (χ2v) is 5.06. The van der Waals surface area contributed by atoms with Crippen LogP contribution in [0.4, 0.5) is 5.95 Å². The highest BCUT2D eigenvalue weighted by Gasteiger charge is 2.25. The summed E-state index contributed by atoms with van der Waals surface area (Å²) in [5.74, 6) is -0.598.